The maximum absolute atomic E-state index is 12.0. The third-order valence-electron chi connectivity index (χ3n) is 2.84. The lowest BCUT2D eigenvalue weighted by Crippen LogP contribution is -2.24. The van der Waals surface area contributed by atoms with Gasteiger partial charge in [-0.1, -0.05) is 38.3 Å². The molecule has 104 valence electrons. The molecule has 19 heavy (non-hydrogen) atoms. The monoisotopic (exact) mass is 280 g/mol. The number of hydrogen-bond donors (Lipinski definition) is 1. The highest BCUT2D eigenvalue weighted by molar-refractivity contribution is 7.89. The van der Waals surface area contributed by atoms with E-state index in [9.17, 15) is 8.42 Å². The molecule has 0 aromatic heterocycles. The van der Waals surface area contributed by atoms with Crippen molar-refractivity contribution >= 4 is 10.0 Å². The summed E-state index contributed by atoms with van der Waals surface area (Å²) in [7, 11) is -3.41. The first-order valence-corrected chi connectivity index (χ1v) is 8.04. The molecule has 0 aliphatic carbocycles. The Morgan fingerprint density at radius 1 is 1.16 bits per heavy atom. The van der Waals surface area contributed by atoms with Gasteiger partial charge >= 0.3 is 0 Å². The quantitative estimate of drug-likeness (QED) is 0.744. The Bertz CT molecular complexity index is 515. The summed E-state index contributed by atoms with van der Waals surface area (Å²) in [6.07, 6.45) is 4.46. The number of benzene rings is 1. The van der Waals surface area contributed by atoms with E-state index in [4.69, 9.17) is 5.26 Å². The van der Waals surface area contributed by atoms with Gasteiger partial charge in [0.1, 0.15) is 0 Å². The Labute approximate surface area is 115 Å². The normalized spacial score (nSPS) is 11.2. The zero-order chi connectivity index (χ0) is 14.1. The average molecular weight is 280 g/mol. The molecule has 1 aromatic carbocycles. The molecule has 0 amide bonds. The van der Waals surface area contributed by atoms with Crippen LogP contribution in [0.3, 0.4) is 0 Å². The topological polar surface area (TPSA) is 70.0 Å². The molecular formula is C14H20N2O2S. The molecule has 1 N–H and O–H groups in total. The Balaban J connectivity index is 2.55. The summed E-state index contributed by atoms with van der Waals surface area (Å²) < 4.78 is 26.5. The van der Waals surface area contributed by atoms with E-state index in [1.165, 1.54) is 0 Å². The first-order chi connectivity index (χ1) is 9.10. The number of nitrogens with one attached hydrogen (secondary N) is 1. The summed E-state index contributed by atoms with van der Waals surface area (Å²) in [5.74, 6) is 0. The van der Waals surface area contributed by atoms with Gasteiger partial charge in [0.2, 0.25) is 10.0 Å². The standard InChI is InChI=1S/C14H20N2O2S/c1-2-3-4-5-12-16-19(17,18)14-8-6-13(7-9-14)10-11-15/h6-9,16H,2-5,10,12H2,1H3. The van der Waals surface area contributed by atoms with E-state index in [1.807, 2.05) is 6.07 Å². The second-order valence-electron chi connectivity index (χ2n) is 4.44. The Hall–Kier alpha value is -1.38. The van der Waals surface area contributed by atoms with Gasteiger partial charge < -0.3 is 0 Å². The molecule has 0 radical (unpaired) electrons. The molecule has 0 fully saturated rings. The number of rotatable bonds is 8. The van der Waals surface area contributed by atoms with Gasteiger partial charge in [0.15, 0.2) is 0 Å². The van der Waals surface area contributed by atoms with Gasteiger partial charge in [-0.2, -0.15) is 5.26 Å². The second-order valence-corrected chi connectivity index (χ2v) is 6.20. The fourth-order valence-corrected chi connectivity index (χ4v) is 2.79. The van der Waals surface area contributed by atoms with E-state index in [0.29, 0.717) is 13.0 Å². The minimum atomic E-state index is -3.41. The largest absolute Gasteiger partial charge is 0.240 e. The van der Waals surface area contributed by atoms with Crippen molar-refractivity contribution in [2.24, 2.45) is 0 Å². The SMILES string of the molecule is CCCCCCNS(=O)(=O)c1ccc(CC#N)cc1. The fourth-order valence-electron chi connectivity index (χ4n) is 1.72. The lowest BCUT2D eigenvalue weighted by Gasteiger charge is -2.07. The van der Waals surface area contributed by atoms with E-state index in [0.717, 1.165) is 31.2 Å². The summed E-state index contributed by atoms with van der Waals surface area (Å²) in [4.78, 5) is 0.254. The van der Waals surface area contributed by atoms with Gasteiger partial charge in [-0.15, -0.1) is 0 Å². The molecule has 0 saturated carbocycles. The maximum atomic E-state index is 12.0. The number of sulfonamides is 1. The van der Waals surface area contributed by atoms with Crippen LogP contribution in [0.15, 0.2) is 29.2 Å². The molecule has 0 bridgehead atoms. The van der Waals surface area contributed by atoms with Gasteiger partial charge in [-0.3, -0.25) is 0 Å². The van der Waals surface area contributed by atoms with Crippen molar-refractivity contribution in [2.45, 2.75) is 43.9 Å². The van der Waals surface area contributed by atoms with Crippen molar-refractivity contribution in [1.29, 1.82) is 5.26 Å². The van der Waals surface area contributed by atoms with Crippen LogP contribution in [0, 0.1) is 11.3 Å². The van der Waals surface area contributed by atoms with E-state index >= 15 is 0 Å². The van der Waals surface area contributed by atoms with Crippen molar-refractivity contribution in [2.75, 3.05) is 6.54 Å². The molecule has 0 spiro atoms. The highest BCUT2D eigenvalue weighted by Crippen LogP contribution is 2.11. The van der Waals surface area contributed by atoms with Gasteiger partial charge in [0.25, 0.3) is 0 Å². The van der Waals surface area contributed by atoms with Gasteiger partial charge in [0, 0.05) is 6.54 Å². The van der Waals surface area contributed by atoms with Crippen LogP contribution in [0.1, 0.15) is 38.2 Å². The van der Waals surface area contributed by atoms with Crippen LogP contribution < -0.4 is 4.72 Å². The Kier molecular flexibility index (Phi) is 6.54. The third-order valence-corrected chi connectivity index (χ3v) is 4.32. The van der Waals surface area contributed by atoms with Crippen molar-refractivity contribution in [3.05, 3.63) is 29.8 Å². The number of unbranched alkanes of at least 4 members (excludes halogenated alkanes) is 3. The van der Waals surface area contributed by atoms with Crippen molar-refractivity contribution < 1.29 is 8.42 Å². The van der Waals surface area contributed by atoms with Crippen LogP contribution >= 0.6 is 0 Å². The molecule has 0 unspecified atom stereocenters. The smallest absolute Gasteiger partial charge is 0.211 e. The van der Waals surface area contributed by atoms with Crippen molar-refractivity contribution in [3.8, 4) is 6.07 Å². The van der Waals surface area contributed by atoms with Gasteiger partial charge in [-0.25, -0.2) is 13.1 Å². The minimum absolute atomic E-state index is 0.254. The number of nitriles is 1. The molecule has 0 saturated heterocycles. The zero-order valence-electron chi connectivity index (χ0n) is 11.2. The van der Waals surface area contributed by atoms with Crippen LogP contribution in [0.4, 0.5) is 0 Å². The molecule has 0 heterocycles. The Morgan fingerprint density at radius 3 is 2.42 bits per heavy atom. The summed E-state index contributed by atoms with van der Waals surface area (Å²) in [6.45, 7) is 2.59. The molecule has 1 aromatic rings. The van der Waals surface area contributed by atoms with Crippen LogP contribution in [0.5, 0.6) is 0 Å². The molecule has 5 heteroatoms. The average Bonchev–Trinajstić information content (AvgIpc) is 2.39. The van der Waals surface area contributed by atoms with Gasteiger partial charge in [0.05, 0.1) is 17.4 Å². The molecule has 0 aliphatic heterocycles. The van der Waals surface area contributed by atoms with Crippen LogP contribution in [-0.4, -0.2) is 15.0 Å². The highest BCUT2D eigenvalue weighted by atomic mass is 32.2. The van der Waals surface area contributed by atoms with Crippen molar-refractivity contribution in [3.63, 3.8) is 0 Å². The van der Waals surface area contributed by atoms with Crippen LogP contribution in [0.25, 0.3) is 0 Å². The summed E-state index contributed by atoms with van der Waals surface area (Å²) in [5, 5.41) is 8.56. The summed E-state index contributed by atoms with van der Waals surface area (Å²) in [6, 6.07) is 8.47. The first kappa shape index (κ1) is 15.7. The fraction of sp³-hybridized carbons (Fsp3) is 0.500. The summed E-state index contributed by atoms with van der Waals surface area (Å²) in [5.41, 5.74) is 0.824. The van der Waals surface area contributed by atoms with Crippen LogP contribution in [0.2, 0.25) is 0 Å². The van der Waals surface area contributed by atoms with E-state index in [-0.39, 0.29) is 4.90 Å². The molecule has 1 rings (SSSR count). The minimum Gasteiger partial charge on any atom is -0.211 e. The van der Waals surface area contributed by atoms with Crippen molar-refractivity contribution in [1.82, 2.24) is 4.72 Å². The van der Waals surface area contributed by atoms with Gasteiger partial charge in [-0.05, 0) is 24.1 Å². The zero-order valence-corrected chi connectivity index (χ0v) is 12.0. The lowest BCUT2D eigenvalue weighted by atomic mass is 10.2. The highest BCUT2D eigenvalue weighted by Gasteiger charge is 2.12. The van der Waals surface area contributed by atoms with E-state index < -0.39 is 10.0 Å². The second kappa shape index (κ2) is 7.93. The molecule has 0 atom stereocenters. The lowest BCUT2D eigenvalue weighted by molar-refractivity contribution is 0.573. The Morgan fingerprint density at radius 2 is 1.84 bits per heavy atom. The predicted molar refractivity (Wildman–Crippen MR) is 75.1 cm³/mol. The maximum Gasteiger partial charge on any atom is 0.240 e. The molecular weight excluding hydrogens is 260 g/mol. The molecule has 0 aliphatic rings. The number of hydrogen-bond acceptors (Lipinski definition) is 3. The third kappa shape index (κ3) is 5.41. The van der Waals surface area contributed by atoms with E-state index in [2.05, 4.69) is 11.6 Å². The summed E-state index contributed by atoms with van der Waals surface area (Å²) >= 11 is 0. The number of nitrogens with zero attached hydrogens (tertiary/aromatic N) is 1. The first-order valence-electron chi connectivity index (χ1n) is 6.55. The van der Waals surface area contributed by atoms with Crippen LogP contribution in [-0.2, 0) is 16.4 Å². The van der Waals surface area contributed by atoms with E-state index in [1.54, 1.807) is 24.3 Å². The molecule has 4 nitrogen and oxygen atoms in total. The predicted octanol–water partition coefficient (Wildman–Crippen LogP) is 2.61.